The van der Waals surface area contributed by atoms with Gasteiger partial charge in [-0.1, -0.05) is 18.2 Å². The smallest absolute Gasteiger partial charge is 0.122 e. The molecule has 0 atom stereocenters. The Labute approximate surface area is 122 Å². The number of anilines is 1. The second-order valence-electron chi connectivity index (χ2n) is 3.57. The van der Waals surface area contributed by atoms with Crippen LogP contribution in [0.2, 0.25) is 0 Å². The first-order valence-corrected chi connectivity index (χ1v) is 6.99. The summed E-state index contributed by atoms with van der Waals surface area (Å²) in [7, 11) is 1.84. The molecule has 2 aromatic heterocycles. The molecular weight excluding hydrogens is 336 g/mol. The third-order valence-corrected chi connectivity index (χ3v) is 4.25. The maximum atomic E-state index is 6.01. The molecule has 0 aliphatic rings. The summed E-state index contributed by atoms with van der Waals surface area (Å²) in [6.07, 6.45) is 3.57. The summed E-state index contributed by atoms with van der Waals surface area (Å²) in [6.45, 7) is 3.59. The first-order valence-electron chi connectivity index (χ1n) is 4.94. The standard InChI is InChI=1S/C11H10BrClN4S/c1-6(13)16-10(7-3-15-17(2)4-7)11-9(14)8(12)5-18-11/h3-5H,1,14H2,2H3. The second-order valence-corrected chi connectivity index (χ2v) is 5.74. The molecule has 0 aliphatic heterocycles. The number of hydrogen-bond donors (Lipinski definition) is 1. The Kier molecular flexibility index (Phi) is 3.89. The van der Waals surface area contributed by atoms with Gasteiger partial charge in [-0.25, -0.2) is 4.99 Å². The fourth-order valence-corrected chi connectivity index (χ4v) is 3.00. The fourth-order valence-electron chi connectivity index (χ4n) is 1.44. The fraction of sp³-hybridized carbons (Fsp3) is 0.0909. The maximum absolute atomic E-state index is 6.01. The first kappa shape index (κ1) is 13.3. The zero-order chi connectivity index (χ0) is 13.3. The van der Waals surface area contributed by atoms with E-state index in [0.717, 1.165) is 14.9 Å². The van der Waals surface area contributed by atoms with Crippen LogP contribution in [0.5, 0.6) is 0 Å². The van der Waals surface area contributed by atoms with Gasteiger partial charge in [-0.2, -0.15) is 5.10 Å². The van der Waals surface area contributed by atoms with Crippen LogP contribution in [0.15, 0.2) is 39.0 Å². The van der Waals surface area contributed by atoms with Gasteiger partial charge in [0, 0.05) is 24.2 Å². The van der Waals surface area contributed by atoms with E-state index in [1.165, 1.54) is 11.3 Å². The van der Waals surface area contributed by atoms with Gasteiger partial charge >= 0.3 is 0 Å². The van der Waals surface area contributed by atoms with Crippen molar-refractivity contribution in [2.24, 2.45) is 12.0 Å². The average molecular weight is 346 g/mol. The van der Waals surface area contributed by atoms with Crippen LogP contribution in [0.3, 0.4) is 0 Å². The van der Waals surface area contributed by atoms with Crippen molar-refractivity contribution in [1.82, 2.24) is 9.78 Å². The highest BCUT2D eigenvalue weighted by atomic mass is 79.9. The quantitative estimate of drug-likeness (QED) is 0.685. The van der Waals surface area contributed by atoms with Crippen LogP contribution in [0, 0.1) is 0 Å². The monoisotopic (exact) mass is 344 g/mol. The molecule has 2 rings (SSSR count). The van der Waals surface area contributed by atoms with Crippen molar-refractivity contribution < 1.29 is 0 Å². The van der Waals surface area contributed by atoms with E-state index in [2.05, 4.69) is 32.6 Å². The van der Waals surface area contributed by atoms with Crippen LogP contribution in [0.4, 0.5) is 5.69 Å². The Morgan fingerprint density at radius 3 is 2.83 bits per heavy atom. The summed E-state index contributed by atoms with van der Waals surface area (Å²) >= 11 is 10.7. The van der Waals surface area contributed by atoms with E-state index in [1.807, 2.05) is 18.6 Å². The predicted molar refractivity (Wildman–Crippen MR) is 80.3 cm³/mol. The van der Waals surface area contributed by atoms with Gasteiger partial charge in [-0.15, -0.1) is 11.3 Å². The van der Waals surface area contributed by atoms with Crippen LogP contribution in [-0.4, -0.2) is 15.5 Å². The van der Waals surface area contributed by atoms with Gasteiger partial charge in [-0.05, 0) is 15.9 Å². The Hall–Kier alpha value is -1.11. The number of aromatic nitrogens is 2. The Morgan fingerprint density at radius 1 is 1.67 bits per heavy atom. The molecule has 0 aromatic carbocycles. The zero-order valence-electron chi connectivity index (χ0n) is 9.52. The van der Waals surface area contributed by atoms with Gasteiger partial charge in [0.25, 0.3) is 0 Å². The van der Waals surface area contributed by atoms with E-state index < -0.39 is 0 Å². The molecular formula is C11H10BrClN4S. The maximum Gasteiger partial charge on any atom is 0.122 e. The van der Waals surface area contributed by atoms with Gasteiger partial charge in [0.05, 0.1) is 26.9 Å². The summed E-state index contributed by atoms with van der Waals surface area (Å²) in [5, 5.41) is 6.24. The van der Waals surface area contributed by atoms with Gasteiger partial charge < -0.3 is 5.73 Å². The number of hydrogen-bond acceptors (Lipinski definition) is 4. The molecule has 18 heavy (non-hydrogen) atoms. The van der Waals surface area contributed by atoms with Crippen molar-refractivity contribution in [3.8, 4) is 0 Å². The van der Waals surface area contributed by atoms with E-state index in [9.17, 15) is 0 Å². The Balaban J connectivity index is 2.57. The van der Waals surface area contributed by atoms with Gasteiger partial charge in [0.15, 0.2) is 0 Å². The lowest BCUT2D eigenvalue weighted by Crippen LogP contribution is -2.03. The normalized spacial score (nSPS) is 11.8. The van der Waals surface area contributed by atoms with Gasteiger partial charge in [0.2, 0.25) is 0 Å². The largest absolute Gasteiger partial charge is 0.397 e. The van der Waals surface area contributed by atoms with Crippen molar-refractivity contribution in [3.63, 3.8) is 0 Å². The van der Waals surface area contributed by atoms with E-state index in [1.54, 1.807) is 10.9 Å². The van der Waals surface area contributed by atoms with Crippen LogP contribution >= 0.6 is 38.9 Å². The predicted octanol–water partition coefficient (Wildman–Crippen LogP) is 3.37. The highest BCUT2D eigenvalue weighted by Gasteiger charge is 2.16. The number of nitrogen functional groups attached to an aromatic ring is 1. The molecule has 7 heteroatoms. The second kappa shape index (κ2) is 5.26. The Bertz CT molecular complexity index is 629. The molecule has 4 nitrogen and oxygen atoms in total. The molecule has 0 aliphatic carbocycles. The molecule has 94 valence electrons. The van der Waals surface area contributed by atoms with Crippen molar-refractivity contribution in [2.45, 2.75) is 0 Å². The summed E-state index contributed by atoms with van der Waals surface area (Å²) in [6, 6.07) is 0. The topological polar surface area (TPSA) is 56.2 Å². The number of halogens is 2. The van der Waals surface area contributed by atoms with E-state index >= 15 is 0 Å². The summed E-state index contributed by atoms with van der Waals surface area (Å²) in [4.78, 5) is 5.09. The van der Waals surface area contributed by atoms with Crippen LogP contribution in [0.1, 0.15) is 10.4 Å². The first-order chi connectivity index (χ1) is 8.49. The average Bonchev–Trinajstić information content (AvgIpc) is 2.85. The zero-order valence-corrected chi connectivity index (χ0v) is 12.7. The lowest BCUT2D eigenvalue weighted by molar-refractivity contribution is 0.767. The van der Waals surface area contributed by atoms with Crippen molar-refractivity contribution in [3.05, 3.63) is 44.4 Å². The molecule has 0 saturated carbocycles. The highest BCUT2D eigenvalue weighted by molar-refractivity contribution is 9.10. The lowest BCUT2D eigenvalue weighted by Gasteiger charge is -2.03. The minimum atomic E-state index is 0.206. The minimum absolute atomic E-state index is 0.206. The molecule has 0 fully saturated rings. The third-order valence-electron chi connectivity index (χ3n) is 2.21. The highest BCUT2D eigenvalue weighted by Crippen LogP contribution is 2.32. The molecule has 0 unspecified atom stereocenters. The van der Waals surface area contributed by atoms with Crippen LogP contribution in [-0.2, 0) is 7.05 Å². The number of aryl methyl sites for hydroxylation is 1. The number of nitrogens with zero attached hydrogens (tertiary/aromatic N) is 3. The van der Waals surface area contributed by atoms with Crippen LogP contribution < -0.4 is 5.73 Å². The summed E-state index contributed by atoms with van der Waals surface area (Å²) in [5.74, 6) is 0. The molecule has 2 aromatic rings. The number of rotatable bonds is 3. The molecule has 0 radical (unpaired) electrons. The molecule has 2 heterocycles. The number of aliphatic imine (C=N–C) groups is 1. The van der Waals surface area contributed by atoms with E-state index in [0.29, 0.717) is 11.4 Å². The van der Waals surface area contributed by atoms with Crippen molar-refractivity contribution >= 4 is 50.3 Å². The van der Waals surface area contributed by atoms with Gasteiger partial charge in [-0.3, -0.25) is 4.68 Å². The number of thiophene rings is 1. The van der Waals surface area contributed by atoms with Crippen LogP contribution in [0.25, 0.3) is 0 Å². The Morgan fingerprint density at radius 2 is 2.39 bits per heavy atom. The van der Waals surface area contributed by atoms with E-state index in [4.69, 9.17) is 17.3 Å². The van der Waals surface area contributed by atoms with Crippen molar-refractivity contribution in [2.75, 3.05) is 5.73 Å². The molecule has 2 N–H and O–H groups in total. The molecule has 0 spiro atoms. The third kappa shape index (κ3) is 2.66. The lowest BCUT2D eigenvalue weighted by atomic mass is 10.1. The molecule has 0 saturated heterocycles. The molecule has 0 amide bonds. The van der Waals surface area contributed by atoms with Crippen molar-refractivity contribution in [1.29, 1.82) is 0 Å². The van der Waals surface area contributed by atoms with E-state index in [-0.39, 0.29) is 5.16 Å². The molecule has 0 bridgehead atoms. The SMILES string of the molecule is C=C(Cl)N=C(c1cnn(C)c1)c1scc(Br)c1N. The number of nitrogens with two attached hydrogens (primary N) is 1. The summed E-state index contributed by atoms with van der Waals surface area (Å²) < 4.78 is 2.54. The minimum Gasteiger partial charge on any atom is -0.397 e. The summed E-state index contributed by atoms with van der Waals surface area (Å²) in [5.41, 5.74) is 8.17. The van der Waals surface area contributed by atoms with Gasteiger partial charge in [0.1, 0.15) is 5.16 Å².